The number of nitrogens with zero attached hydrogens (tertiary/aromatic N) is 2. The van der Waals surface area contributed by atoms with E-state index in [0.717, 1.165) is 50.5 Å². The molecule has 3 rings (SSSR count). The lowest BCUT2D eigenvalue weighted by Crippen LogP contribution is -2.47. The Morgan fingerprint density at radius 2 is 1.85 bits per heavy atom. The highest BCUT2D eigenvalue weighted by Gasteiger charge is 2.28. The summed E-state index contributed by atoms with van der Waals surface area (Å²) in [5.41, 5.74) is 2.04. The van der Waals surface area contributed by atoms with Crippen molar-refractivity contribution in [2.24, 2.45) is 11.8 Å². The van der Waals surface area contributed by atoms with Crippen molar-refractivity contribution in [3.8, 4) is 0 Å². The Morgan fingerprint density at radius 3 is 2.58 bits per heavy atom. The zero-order valence-corrected chi connectivity index (χ0v) is 16.5. The Labute approximate surface area is 158 Å². The molecule has 2 aliphatic rings. The van der Waals surface area contributed by atoms with Gasteiger partial charge in [0.15, 0.2) is 0 Å². The number of anilines is 2. The van der Waals surface area contributed by atoms with E-state index in [-0.39, 0.29) is 12.1 Å². The van der Waals surface area contributed by atoms with Crippen molar-refractivity contribution in [3.63, 3.8) is 0 Å². The van der Waals surface area contributed by atoms with Gasteiger partial charge in [0.05, 0.1) is 11.4 Å². The summed E-state index contributed by atoms with van der Waals surface area (Å²) in [7, 11) is 0. The Morgan fingerprint density at radius 1 is 1.12 bits per heavy atom. The van der Waals surface area contributed by atoms with Crippen molar-refractivity contribution in [1.29, 1.82) is 0 Å². The maximum atomic E-state index is 12.6. The largest absolute Gasteiger partial charge is 0.367 e. The molecule has 1 saturated carbocycles. The fourth-order valence-corrected chi connectivity index (χ4v) is 4.27. The Hall–Kier alpha value is -1.75. The van der Waals surface area contributed by atoms with Crippen LogP contribution in [0.25, 0.3) is 0 Å². The average molecular weight is 359 g/mol. The first kappa shape index (κ1) is 19.0. The van der Waals surface area contributed by atoms with E-state index in [0.29, 0.717) is 11.8 Å². The van der Waals surface area contributed by atoms with Crippen molar-refractivity contribution in [2.75, 3.05) is 42.9 Å². The molecular formula is C21H34N4O. The number of rotatable bonds is 4. The molecular weight excluding hydrogens is 324 g/mol. The van der Waals surface area contributed by atoms with Crippen LogP contribution < -0.4 is 15.5 Å². The maximum Gasteiger partial charge on any atom is 0.319 e. The molecule has 1 aromatic carbocycles. The van der Waals surface area contributed by atoms with Crippen LogP contribution in [-0.2, 0) is 0 Å². The van der Waals surface area contributed by atoms with Crippen LogP contribution in [0.5, 0.6) is 0 Å². The fraction of sp³-hybridized carbons (Fsp3) is 0.667. The van der Waals surface area contributed by atoms with Crippen LogP contribution in [0.1, 0.15) is 40.0 Å². The van der Waals surface area contributed by atoms with Gasteiger partial charge in [0.1, 0.15) is 0 Å². The normalized spacial score (nSPS) is 27.2. The van der Waals surface area contributed by atoms with Gasteiger partial charge in [-0.05, 0) is 36.9 Å². The number of hydrogen-bond acceptors (Lipinski definition) is 3. The minimum absolute atomic E-state index is 0.0735. The zero-order valence-electron chi connectivity index (χ0n) is 16.5. The monoisotopic (exact) mass is 358 g/mol. The number of carbonyl (C=O) groups excluding carboxylic acids is 1. The second-order valence-electron chi connectivity index (χ2n) is 7.91. The number of hydrogen-bond donors (Lipinski definition) is 2. The van der Waals surface area contributed by atoms with Crippen LogP contribution in [0.2, 0.25) is 0 Å². The second-order valence-corrected chi connectivity index (χ2v) is 7.91. The van der Waals surface area contributed by atoms with Gasteiger partial charge in [-0.1, -0.05) is 45.7 Å². The van der Waals surface area contributed by atoms with Gasteiger partial charge in [-0.3, -0.25) is 0 Å². The van der Waals surface area contributed by atoms with E-state index in [4.69, 9.17) is 0 Å². The second kappa shape index (κ2) is 8.76. The Balaban J connectivity index is 1.62. The quantitative estimate of drug-likeness (QED) is 0.861. The highest BCUT2D eigenvalue weighted by Crippen LogP contribution is 2.30. The van der Waals surface area contributed by atoms with Crippen molar-refractivity contribution < 1.29 is 4.79 Å². The number of carbonyl (C=O) groups is 1. The van der Waals surface area contributed by atoms with Gasteiger partial charge in [-0.2, -0.15) is 0 Å². The molecule has 26 heavy (non-hydrogen) atoms. The fourth-order valence-electron chi connectivity index (χ4n) is 4.27. The maximum absolute atomic E-state index is 12.6. The van der Waals surface area contributed by atoms with Gasteiger partial charge >= 0.3 is 6.03 Å². The van der Waals surface area contributed by atoms with E-state index in [1.165, 1.54) is 12.8 Å². The third-order valence-electron chi connectivity index (χ3n) is 6.34. The van der Waals surface area contributed by atoms with Crippen LogP contribution in [0.3, 0.4) is 0 Å². The number of nitrogens with one attached hydrogen (secondary N) is 2. The number of amides is 2. The van der Waals surface area contributed by atoms with E-state index >= 15 is 0 Å². The van der Waals surface area contributed by atoms with Crippen molar-refractivity contribution in [1.82, 2.24) is 10.2 Å². The average Bonchev–Trinajstić information content (AvgIpc) is 2.66. The van der Waals surface area contributed by atoms with E-state index in [1.807, 2.05) is 12.1 Å². The van der Waals surface area contributed by atoms with Gasteiger partial charge in [0.2, 0.25) is 0 Å². The Kier molecular flexibility index (Phi) is 6.41. The van der Waals surface area contributed by atoms with Crippen molar-refractivity contribution in [2.45, 2.75) is 46.1 Å². The summed E-state index contributed by atoms with van der Waals surface area (Å²) in [6, 6.07) is 8.37. The molecule has 0 spiro atoms. The summed E-state index contributed by atoms with van der Waals surface area (Å²) in [4.78, 5) is 17.5. The third-order valence-corrected chi connectivity index (χ3v) is 6.34. The van der Waals surface area contributed by atoms with Gasteiger partial charge in [-0.25, -0.2) is 4.79 Å². The minimum Gasteiger partial charge on any atom is -0.367 e. The molecule has 1 aromatic rings. The van der Waals surface area contributed by atoms with Gasteiger partial charge in [-0.15, -0.1) is 0 Å². The van der Waals surface area contributed by atoms with Crippen molar-refractivity contribution in [3.05, 3.63) is 24.3 Å². The molecule has 1 heterocycles. The van der Waals surface area contributed by atoms with E-state index in [2.05, 4.69) is 53.3 Å². The lowest BCUT2D eigenvalue weighted by molar-refractivity contribution is 0.201. The molecule has 3 atom stereocenters. The highest BCUT2D eigenvalue weighted by molar-refractivity contribution is 5.93. The van der Waals surface area contributed by atoms with Gasteiger partial charge in [0, 0.05) is 32.2 Å². The molecule has 2 N–H and O–H groups in total. The molecule has 0 radical (unpaired) electrons. The molecule has 2 amide bonds. The first-order chi connectivity index (χ1) is 12.6. The third kappa shape index (κ3) is 4.50. The highest BCUT2D eigenvalue weighted by atomic mass is 16.2. The minimum atomic E-state index is -0.0735. The number of benzene rings is 1. The van der Waals surface area contributed by atoms with Crippen LogP contribution in [0.15, 0.2) is 24.3 Å². The SMILES string of the molecule is CCN1CCN(c2ccccc2NC(=O)N[C@@H]2CCC[C@H](C)[C@H]2C)CC1. The standard InChI is InChI=1S/C21H34N4O/c1-4-24-12-14-25(15-13-24)20-11-6-5-9-19(20)23-21(26)22-18-10-7-8-16(2)17(18)3/h5-6,9,11,16-18H,4,7-8,10,12-15H2,1-3H3,(H2,22,23,26)/t16-,17+,18+/m0/s1. The van der Waals surface area contributed by atoms with Gasteiger partial charge < -0.3 is 20.4 Å². The molecule has 2 fully saturated rings. The molecule has 144 valence electrons. The summed E-state index contributed by atoms with van der Waals surface area (Å²) < 4.78 is 0. The number of piperazine rings is 1. The smallest absolute Gasteiger partial charge is 0.319 e. The molecule has 0 bridgehead atoms. The summed E-state index contributed by atoms with van der Waals surface area (Å²) in [5.74, 6) is 1.21. The van der Waals surface area contributed by atoms with E-state index in [1.54, 1.807) is 0 Å². The lowest BCUT2D eigenvalue weighted by Gasteiger charge is -2.37. The topological polar surface area (TPSA) is 47.6 Å². The lowest BCUT2D eigenvalue weighted by atomic mass is 9.78. The first-order valence-corrected chi connectivity index (χ1v) is 10.2. The first-order valence-electron chi connectivity index (χ1n) is 10.2. The molecule has 5 heteroatoms. The predicted octanol–water partition coefficient (Wildman–Crippen LogP) is 3.77. The molecule has 5 nitrogen and oxygen atoms in total. The van der Waals surface area contributed by atoms with E-state index in [9.17, 15) is 4.79 Å². The summed E-state index contributed by atoms with van der Waals surface area (Å²) in [6.45, 7) is 12.0. The van der Waals surface area contributed by atoms with Crippen LogP contribution >= 0.6 is 0 Å². The molecule has 0 aromatic heterocycles. The van der Waals surface area contributed by atoms with Crippen molar-refractivity contribution >= 4 is 17.4 Å². The van der Waals surface area contributed by atoms with Crippen LogP contribution in [0, 0.1) is 11.8 Å². The molecule has 0 unspecified atom stereocenters. The molecule has 1 saturated heterocycles. The zero-order chi connectivity index (χ0) is 18.5. The number of likely N-dealkylation sites (N-methyl/N-ethyl adjacent to an activating group) is 1. The summed E-state index contributed by atoms with van der Waals surface area (Å²) in [6.07, 6.45) is 3.56. The molecule has 1 aliphatic carbocycles. The Bertz CT molecular complexity index is 597. The number of urea groups is 1. The summed E-state index contributed by atoms with van der Waals surface area (Å²) >= 11 is 0. The van der Waals surface area contributed by atoms with Gasteiger partial charge in [0.25, 0.3) is 0 Å². The van der Waals surface area contributed by atoms with E-state index < -0.39 is 0 Å². The summed E-state index contributed by atoms with van der Waals surface area (Å²) in [5, 5.41) is 6.33. The predicted molar refractivity (Wildman–Crippen MR) is 109 cm³/mol. The van der Waals surface area contributed by atoms with Crippen LogP contribution in [-0.4, -0.2) is 49.7 Å². The number of para-hydroxylation sites is 2. The van der Waals surface area contributed by atoms with Crippen LogP contribution in [0.4, 0.5) is 16.2 Å². The molecule has 1 aliphatic heterocycles.